The van der Waals surface area contributed by atoms with Crippen LogP contribution < -0.4 is 11.3 Å². The summed E-state index contributed by atoms with van der Waals surface area (Å²) in [5.41, 5.74) is 3.47. The summed E-state index contributed by atoms with van der Waals surface area (Å²) in [5.74, 6) is 4.79. The highest BCUT2D eigenvalue weighted by molar-refractivity contribution is 9.08. The predicted octanol–water partition coefficient (Wildman–Crippen LogP) is 2.01. The first-order chi connectivity index (χ1) is 5.29. The first-order valence-corrected chi connectivity index (χ1v) is 4.21. The van der Waals surface area contributed by atoms with Crippen molar-refractivity contribution in [3.05, 3.63) is 29.6 Å². The van der Waals surface area contributed by atoms with Crippen molar-refractivity contribution in [2.24, 2.45) is 5.84 Å². The Labute approximate surface area is 72.7 Å². The predicted molar refractivity (Wildman–Crippen MR) is 46.8 cm³/mol. The first-order valence-electron chi connectivity index (χ1n) is 3.09. The molecule has 0 aliphatic carbocycles. The molecule has 4 heteroatoms. The molecule has 2 nitrogen and oxygen atoms in total. The molecule has 0 bridgehead atoms. The molecule has 60 valence electrons. The van der Waals surface area contributed by atoms with Gasteiger partial charge in [0.05, 0.1) is 5.69 Å². The maximum absolute atomic E-state index is 12.9. The minimum atomic E-state index is -0.329. The number of hydrogen-bond acceptors (Lipinski definition) is 2. The topological polar surface area (TPSA) is 38.0 Å². The molecule has 1 aromatic carbocycles. The summed E-state index contributed by atoms with van der Waals surface area (Å²) in [5, 5.41) is 0.588. The fourth-order valence-electron chi connectivity index (χ4n) is 0.842. The number of rotatable bonds is 2. The second-order valence-corrected chi connectivity index (χ2v) is 2.61. The van der Waals surface area contributed by atoms with Gasteiger partial charge in [-0.3, -0.25) is 5.84 Å². The van der Waals surface area contributed by atoms with Crippen molar-refractivity contribution in [3.63, 3.8) is 0 Å². The minimum absolute atomic E-state index is 0.329. The van der Waals surface area contributed by atoms with Crippen LogP contribution in [0.25, 0.3) is 0 Å². The average Bonchev–Trinajstić information content (AvgIpc) is 2.04. The summed E-state index contributed by atoms with van der Waals surface area (Å²) >= 11 is 3.22. The first kappa shape index (κ1) is 8.49. The summed E-state index contributed by atoms with van der Waals surface area (Å²) < 4.78 is 12.9. The normalized spacial score (nSPS) is 9.73. The fourth-order valence-corrected chi connectivity index (χ4v) is 1.31. The molecule has 0 radical (unpaired) electrons. The number of benzene rings is 1. The van der Waals surface area contributed by atoms with Crippen molar-refractivity contribution in [2.45, 2.75) is 5.33 Å². The van der Waals surface area contributed by atoms with Gasteiger partial charge in [-0.15, -0.1) is 0 Å². The van der Waals surface area contributed by atoms with Crippen LogP contribution in [-0.2, 0) is 5.33 Å². The lowest BCUT2D eigenvalue weighted by Gasteiger charge is -2.05. The Hall–Kier alpha value is -0.610. The molecule has 1 rings (SSSR count). The average molecular weight is 219 g/mol. The maximum atomic E-state index is 12.9. The summed E-state index contributed by atoms with van der Waals surface area (Å²) in [7, 11) is 0. The smallest absolute Gasteiger partial charge is 0.147 e. The summed E-state index contributed by atoms with van der Waals surface area (Å²) in [6.45, 7) is 0. The number of nitrogens with two attached hydrogens (primary N) is 1. The molecule has 0 heterocycles. The van der Waals surface area contributed by atoms with Crippen molar-refractivity contribution in [1.82, 2.24) is 0 Å². The van der Waals surface area contributed by atoms with Crippen LogP contribution in [0.15, 0.2) is 18.2 Å². The Balaban J connectivity index is 3.13. The lowest BCUT2D eigenvalue weighted by molar-refractivity contribution is 0.629. The van der Waals surface area contributed by atoms with Crippen LogP contribution in [0.4, 0.5) is 10.1 Å². The van der Waals surface area contributed by atoms with Crippen molar-refractivity contribution < 1.29 is 4.39 Å². The van der Waals surface area contributed by atoms with Crippen molar-refractivity contribution >= 4 is 21.6 Å². The number of hydrazine groups is 1. The van der Waals surface area contributed by atoms with E-state index in [0.29, 0.717) is 11.0 Å². The monoisotopic (exact) mass is 218 g/mol. The molecule has 3 N–H and O–H groups in total. The lowest BCUT2D eigenvalue weighted by atomic mass is 10.2. The van der Waals surface area contributed by atoms with Gasteiger partial charge in [-0.1, -0.05) is 28.1 Å². The zero-order valence-electron chi connectivity index (χ0n) is 5.77. The van der Waals surface area contributed by atoms with E-state index >= 15 is 0 Å². The SMILES string of the molecule is NNc1c(F)cccc1CBr. The van der Waals surface area contributed by atoms with Gasteiger partial charge in [-0.05, 0) is 11.6 Å². The fraction of sp³-hybridized carbons (Fsp3) is 0.143. The summed E-state index contributed by atoms with van der Waals surface area (Å²) in [4.78, 5) is 0. The van der Waals surface area contributed by atoms with Gasteiger partial charge in [0, 0.05) is 5.33 Å². The molecule has 0 fully saturated rings. The van der Waals surface area contributed by atoms with E-state index < -0.39 is 0 Å². The molecule has 11 heavy (non-hydrogen) atoms. The van der Waals surface area contributed by atoms with Crippen molar-refractivity contribution in [3.8, 4) is 0 Å². The van der Waals surface area contributed by atoms with Gasteiger partial charge >= 0.3 is 0 Å². The van der Waals surface area contributed by atoms with Crippen LogP contribution in [0, 0.1) is 5.82 Å². The van der Waals surface area contributed by atoms with Crippen LogP contribution in [-0.4, -0.2) is 0 Å². The van der Waals surface area contributed by atoms with Gasteiger partial charge in [0.25, 0.3) is 0 Å². The Kier molecular flexibility index (Phi) is 2.84. The van der Waals surface area contributed by atoms with Gasteiger partial charge in [0.1, 0.15) is 5.82 Å². The molecule has 0 aliphatic heterocycles. The molecule has 0 spiro atoms. The van der Waals surface area contributed by atoms with E-state index in [1.807, 2.05) is 0 Å². The van der Waals surface area contributed by atoms with Gasteiger partial charge in [-0.25, -0.2) is 4.39 Å². The highest BCUT2D eigenvalue weighted by atomic mass is 79.9. The number of anilines is 1. The number of nitrogens with one attached hydrogen (secondary N) is 1. The number of nitrogen functional groups attached to an aromatic ring is 1. The van der Waals surface area contributed by atoms with E-state index in [4.69, 9.17) is 5.84 Å². The molecule has 0 unspecified atom stereocenters. The molecule has 0 amide bonds. The lowest BCUT2D eigenvalue weighted by Crippen LogP contribution is -2.10. The van der Waals surface area contributed by atoms with Gasteiger partial charge in [0.2, 0.25) is 0 Å². The van der Waals surface area contributed by atoms with Crippen LogP contribution in [0.5, 0.6) is 0 Å². The molecule has 0 aliphatic rings. The third kappa shape index (κ3) is 1.70. The third-order valence-electron chi connectivity index (χ3n) is 1.39. The van der Waals surface area contributed by atoms with Crippen LogP contribution in [0.2, 0.25) is 0 Å². The van der Waals surface area contributed by atoms with Gasteiger partial charge < -0.3 is 5.43 Å². The Bertz CT molecular complexity index is 252. The second-order valence-electron chi connectivity index (χ2n) is 2.05. The van der Waals surface area contributed by atoms with Crippen LogP contribution >= 0.6 is 15.9 Å². The third-order valence-corrected chi connectivity index (χ3v) is 1.99. The number of hydrogen-bond donors (Lipinski definition) is 2. The van der Waals surface area contributed by atoms with E-state index in [0.717, 1.165) is 5.56 Å². The Morgan fingerprint density at radius 3 is 2.73 bits per heavy atom. The molecule has 0 saturated heterocycles. The zero-order valence-corrected chi connectivity index (χ0v) is 7.36. The standard InChI is InChI=1S/C7H8BrFN2/c8-4-5-2-1-3-6(9)7(5)11-10/h1-3,11H,4,10H2. The summed E-state index contributed by atoms with van der Waals surface area (Å²) in [6, 6.07) is 4.81. The van der Waals surface area contributed by atoms with E-state index in [-0.39, 0.29) is 5.82 Å². The van der Waals surface area contributed by atoms with Crippen LogP contribution in [0.3, 0.4) is 0 Å². The second kappa shape index (κ2) is 3.69. The highest BCUT2D eigenvalue weighted by Crippen LogP contribution is 2.20. The zero-order chi connectivity index (χ0) is 8.27. The Morgan fingerprint density at radius 2 is 2.27 bits per heavy atom. The van der Waals surface area contributed by atoms with Gasteiger partial charge in [0.15, 0.2) is 0 Å². The number of para-hydroxylation sites is 1. The number of halogens is 2. The van der Waals surface area contributed by atoms with Crippen molar-refractivity contribution in [1.29, 1.82) is 0 Å². The summed E-state index contributed by atoms with van der Waals surface area (Å²) in [6.07, 6.45) is 0. The molecule has 0 saturated carbocycles. The molecular formula is C7H8BrFN2. The van der Waals surface area contributed by atoms with Gasteiger partial charge in [-0.2, -0.15) is 0 Å². The Morgan fingerprint density at radius 1 is 1.55 bits per heavy atom. The largest absolute Gasteiger partial charge is 0.321 e. The molecule has 0 atom stereocenters. The molecule has 0 aromatic heterocycles. The maximum Gasteiger partial charge on any atom is 0.147 e. The number of alkyl halides is 1. The van der Waals surface area contributed by atoms with Crippen molar-refractivity contribution in [2.75, 3.05) is 5.43 Å². The molecule has 1 aromatic rings. The van der Waals surface area contributed by atoms with Crippen LogP contribution in [0.1, 0.15) is 5.56 Å². The minimum Gasteiger partial charge on any atom is -0.321 e. The van der Waals surface area contributed by atoms with E-state index in [1.165, 1.54) is 6.07 Å². The quantitative estimate of drug-likeness (QED) is 0.453. The highest BCUT2D eigenvalue weighted by Gasteiger charge is 2.03. The van der Waals surface area contributed by atoms with E-state index in [1.54, 1.807) is 12.1 Å². The van der Waals surface area contributed by atoms with E-state index in [2.05, 4.69) is 21.4 Å². The molecular weight excluding hydrogens is 211 g/mol. The van der Waals surface area contributed by atoms with E-state index in [9.17, 15) is 4.39 Å².